The molecule has 14 heavy (non-hydrogen) atoms. The van der Waals surface area contributed by atoms with Gasteiger partial charge in [0, 0.05) is 6.42 Å². The lowest BCUT2D eigenvalue weighted by Gasteiger charge is -2.07. The van der Waals surface area contributed by atoms with Crippen molar-refractivity contribution in [2.24, 2.45) is 0 Å². The van der Waals surface area contributed by atoms with Crippen LogP contribution in [0.4, 0.5) is 10.1 Å². The molecule has 1 amide bonds. The van der Waals surface area contributed by atoms with Gasteiger partial charge in [0.25, 0.3) is 0 Å². The molecule has 0 fully saturated rings. The van der Waals surface area contributed by atoms with Gasteiger partial charge >= 0.3 is 0 Å². The van der Waals surface area contributed by atoms with Gasteiger partial charge in [-0.3, -0.25) is 4.79 Å². The predicted octanol–water partition coefficient (Wildman–Crippen LogP) is 2.18. The number of rotatable bonds is 3. The summed E-state index contributed by atoms with van der Waals surface area (Å²) in [5.74, 6) is -0.646. The molecule has 1 N–H and O–H groups in total. The third-order valence-corrected chi connectivity index (χ3v) is 1.78. The van der Waals surface area contributed by atoms with E-state index < -0.39 is 5.82 Å². The van der Waals surface area contributed by atoms with E-state index >= 15 is 0 Å². The lowest BCUT2D eigenvalue weighted by Crippen LogP contribution is -2.11. The van der Waals surface area contributed by atoms with Crippen LogP contribution >= 0.6 is 0 Å². The number of nitrogens with one attached hydrogen (secondary N) is 1. The van der Waals surface area contributed by atoms with Crippen LogP contribution in [0.5, 0.6) is 5.75 Å². The van der Waals surface area contributed by atoms with E-state index in [2.05, 4.69) is 5.32 Å². The Hall–Kier alpha value is -1.58. The van der Waals surface area contributed by atoms with Crippen molar-refractivity contribution in [2.45, 2.75) is 13.3 Å². The number of methoxy groups -OCH3 is 1. The molecule has 0 aromatic heterocycles. The average Bonchev–Trinajstić information content (AvgIpc) is 2.21. The number of ether oxygens (including phenoxy) is 1. The number of carbonyl (C=O) groups excluding carboxylic acids is 1. The van der Waals surface area contributed by atoms with Gasteiger partial charge in [-0.1, -0.05) is 13.0 Å². The maximum atomic E-state index is 13.4. The van der Waals surface area contributed by atoms with Gasteiger partial charge < -0.3 is 10.1 Å². The summed E-state index contributed by atoms with van der Waals surface area (Å²) in [5, 5.41) is 2.44. The van der Waals surface area contributed by atoms with Crippen LogP contribution in [0, 0.1) is 5.82 Å². The smallest absolute Gasteiger partial charge is 0.224 e. The van der Waals surface area contributed by atoms with E-state index in [4.69, 9.17) is 4.74 Å². The van der Waals surface area contributed by atoms with Crippen LogP contribution in [0.1, 0.15) is 13.3 Å². The molecule has 0 atom stereocenters. The second-order valence-electron chi connectivity index (χ2n) is 2.72. The lowest BCUT2D eigenvalue weighted by molar-refractivity contribution is -0.115. The molecule has 1 rings (SSSR count). The lowest BCUT2D eigenvalue weighted by atomic mass is 10.2. The molecular formula is C10H12FNO2. The van der Waals surface area contributed by atoms with Gasteiger partial charge in [-0.15, -0.1) is 0 Å². The minimum absolute atomic E-state index is 0.124. The van der Waals surface area contributed by atoms with Crippen LogP contribution in [-0.4, -0.2) is 13.0 Å². The van der Waals surface area contributed by atoms with Gasteiger partial charge in [-0.25, -0.2) is 4.39 Å². The second-order valence-corrected chi connectivity index (χ2v) is 2.72. The zero-order chi connectivity index (χ0) is 10.6. The molecule has 0 heterocycles. The standard InChI is InChI=1S/C10H12FNO2/c1-3-9(13)12-7-5-4-6-8(14-2)10(7)11/h4-6H,3H2,1-2H3,(H,12,13). The van der Waals surface area contributed by atoms with E-state index in [1.165, 1.54) is 19.2 Å². The van der Waals surface area contributed by atoms with Crippen molar-refractivity contribution in [3.63, 3.8) is 0 Å². The number of hydrogen-bond acceptors (Lipinski definition) is 2. The molecule has 3 nitrogen and oxygen atoms in total. The van der Waals surface area contributed by atoms with Crippen LogP contribution in [-0.2, 0) is 4.79 Å². The summed E-state index contributed by atoms with van der Waals surface area (Å²) in [7, 11) is 1.38. The van der Waals surface area contributed by atoms with E-state index in [0.29, 0.717) is 6.42 Å². The monoisotopic (exact) mass is 197 g/mol. The Morgan fingerprint density at radius 3 is 2.86 bits per heavy atom. The van der Waals surface area contributed by atoms with Crippen molar-refractivity contribution < 1.29 is 13.9 Å². The first kappa shape index (κ1) is 10.5. The Morgan fingerprint density at radius 2 is 2.29 bits per heavy atom. The number of amides is 1. The highest BCUT2D eigenvalue weighted by Crippen LogP contribution is 2.23. The Balaban J connectivity index is 2.92. The minimum atomic E-state index is -0.545. The van der Waals surface area contributed by atoms with Crippen LogP contribution < -0.4 is 10.1 Å². The number of benzene rings is 1. The highest BCUT2D eigenvalue weighted by Gasteiger charge is 2.09. The Kier molecular flexibility index (Phi) is 3.45. The van der Waals surface area contributed by atoms with Crippen molar-refractivity contribution in [3.05, 3.63) is 24.0 Å². The Labute approximate surface area is 81.9 Å². The normalized spacial score (nSPS) is 9.64. The van der Waals surface area contributed by atoms with Gasteiger partial charge in [-0.05, 0) is 12.1 Å². The van der Waals surface area contributed by atoms with Crippen molar-refractivity contribution in [1.29, 1.82) is 0 Å². The topological polar surface area (TPSA) is 38.3 Å². The third-order valence-electron chi connectivity index (χ3n) is 1.78. The van der Waals surface area contributed by atoms with E-state index in [1.807, 2.05) is 0 Å². The van der Waals surface area contributed by atoms with Gasteiger partial charge in [0.2, 0.25) is 5.91 Å². The summed E-state index contributed by atoms with van der Waals surface area (Å²) >= 11 is 0. The summed E-state index contributed by atoms with van der Waals surface area (Å²) < 4.78 is 18.2. The highest BCUT2D eigenvalue weighted by atomic mass is 19.1. The quantitative estimate of drug-likeness (QED) is 0.806. The van der Waals surface area contributed by atoms with Crippen LogP contribution in [0.2, 0.25) is 0 Å². The predicted molar refractivity (Wildman–Crippen MR) is 51.9 cm³/mol. The highest BCUT2D eigenvalue weighted by molar-refractivity contribution is 5.90. The zero-order valence-corrected chi connectivity index (χ0v) is 8.13. The molecular weight excluding hydrogens is 185 g/mol. The maximum absolute atomic E-state index is 13.4. The summed E-state index contributed by atoms with van der Waals surface area (Å²) in [4.78, 5) is 11.0. The van der Waals surface area contributed by atoms with E-state index in [0.717, 1.165) is 0 Å². The molecule has 0 aliphatic carbocycles. The molecule has 0 saturated carbocycles. The van der Waals surface area contributed by atoms with Crippen molar-refractivity contribution in [1.82, 2.24) is 0 Å². The molecule has 0 spiro atoms. The number of hydrogen-bond donors (Lipinski definition) is 1. The zero-order valence-electron chi connectivity index (χ0n) is 8.13. The Bertz CT molecular complexity index is 339. The van der Waals surface area contributed by atoms with E-state index in [9.17, 15) is 9.18 Å². The largest absolute Gasteiger partial charge is 0.494 e. The van der Waals surface area contributed by atoms with Crippen molar-refractivity contribution in [3.8, 4) is 5.75 Å². The summed E-state index contributed by atoms with van der Waals surface area (Å²) in [6, 6.07) is 4.61. The number of carbonyl (C=O) groups is 1. The summed E-state index contributed by atoms with van der Waals surface area (Å²) in [6.45, 7) is 1.70. The molecule has 0 radical (unpaired) electrons. The van der Waals surface area contributed by atoms with Gasteiger partial charge in [0.05, 0.1) is 12.8 Å². The molecule has 0 aliphatic rings. The second kappa shape index (κ2) is 4.60. The number of halogens is 1. The molecule has 76 valence electrons. The van der Waals surface area contributed by atoms with Crippen LogP contribution in [0.15, 0.2) is 18.2 Å². The molecule has 1 aromatic carbocycles. The fraction of sp³-hybridized carbons (Fsp3) is 0.300. The first-order valence-electron chi connectivity index (χ1n) is 4.31. The minimum Gasteiger partial charge on any atom is -0.494 e. The molecule has 0 aliphatic heterocycles. The van der Waals surface area contributed by atoms with Gasteiger partial charge in [0.15, 0.2) is 11.6 Å². The summed E-state index contributed by atoms with van der Waals surface area (Å²) in [5.41, 5.74) is 0.149. The van der Waals surface area contributed by atoms with Crippen molar-refractivity contribution >= 4 is 11.6 Å². The molecule has 0 bridgehead atoms. The SMILES string of the molecule is CCC(=O)Nc1cccc(OC)c1F. The molecule has 0 unspecified atom stereocenters. The fourth-order valence-electron chi connectivity index (χ4n) is 1.00. The molecule has 1 aromatic rings. The maximum Gasteiger partial charge on any atom is 0.224 e. The van der Waals surface area contributed by atoms with E-state index in [1.54, 1.807) is 13.0 Å². The van der Waals surface area contributed by atoms with Crippen LogP contribution in [0.25, 0.3) is 0 Å². The van der Waals surface area contributed by atoms with Gasteiger partial charge in [0.1, 0.15) is 0 Å². The molecule has 0 saturated heterocycles. The summed E-state index contributed by atoms with van der Waals surface area (Å²) in [6.07, 6.45) is 0.316. The number of anilines is 1. The van der Waals surface area contributed by atoms with Crippen LogP contribution in [0.3, 0.4) is 0 Å². The third kappa shape index (κ3) is 2.22. The van der Waals surface area contributed by atoms with E-state index in [-0.39, 0.29) is 17.3 Å². The fourth-order valence-corrected chi connectivity index (χ4v) is 1.00. The Morgan fingerprint density at radius 1 is 1.57 bits per heavy atom. The van der Waals surface area contributed by atoms with Gasteiger partial charge in [-0.2, -0.15) is 0 Å². The van der Waals surface area contributed by atoms with Crippen molar-refractivity contribution in [2.75, 3.05) is 12.4 Å². The first-order chi connectivity index (χ1) is 6.69. The average molecular weight is 197 g/mol. The first-order valence-corrected chi connectivity index (χ1v) is 4.31. The molecule has 4 heteroatoms.